The minimum atomic E-state index is -3.80. The summed E-state index contributed by atoms with van der Waals surface area (Å²) in [6.45, 7) is 0.333. The molecule has 1 saturated heterocycles. The Labute approximate surface area is 171 Å². The zero-order valence-electron chi connectivity index (χ0n) is 16.3. The molecule has 29 heavy (non-hydrogen) atoms. The van der Waals surface area contributed by atoms with E-state index < -0.39 is 36.7 Å². The van der Waals surface area contributed by atoms with E-state index in [0.29, 0.717) is 6.54 Å². The third-order valence-electron chi connectivity index (χ3n) is 5.22. The van der Waals surface area contributed by atoms with Crippen molar-refractivity contribution in [1.29, 1.82) is 0 Å². The van der Waals surface area contributed by atoms with E-state index in [1.54, 1.807) is 30.3 Å². The Balaban J connectivity index is 1.83. The predicted octanol–water partition coefficient (Wildman–Crippen LogP) is 1.66. The number of rotatable bonds is 7. The highest BCUT2D eigenvalue weighted by atomic mass is 32.2. The average Bonchev–Trinajstić information content (AvgIpc) is 2.99. The average molecular weight is 441 g/mol. The number of hydrogen-bond acceptors (Lipinski definition) is 6. The number of benzene rings is 2. The lowest BCUT2D eigenvalue weighted by Gasteiger charge is -2.28. The Morgan fingerprint density at radius 1 is 1.07 bits per heavy atom. The molecule has 2 aromatic carbocycles. The fourth-order valence-electron chi connectivity index (χ4n) is 3.64. The maximum Gasteiger partial charge on any atom is 0.183 e. The van der Waals surface area contributed by atoms with Crippen molar-refractivity contribution in [1.82, 2.24) is 10.2 Å². The molecule has 0 bridgehead atoms. The Morgan fingerprint density at radius 3 is 2.28 bits per heavy atom. The minimum Gasteiger partial charge on any atom is -0.310 e. The van der Waals surface area contributed by atoms with E-state index in [9.17, 15) is 21.2 Å². The van der Waals surface area contributed by atoms with Gasteiger partial charge in [-0.3, -0.25) is 0 Å². The summed E-state index contributed by atoms with van der Waals surface area (Å²) in [6.07, 6.45) is 0. The molecule has 0 radical (unpaired) electrons. The van der Waals surface area contributed by atoms with Crippen LogP contribution in [0.3, 0.4) is 0 Å². The van der Waals surface area contributed by atoms with Gasteiger partial charge in [-0.05, 0) is 43.9 Å². The molecule has 0 aromatic heterocycles. The van der Waals surface area contributed by atoms with Crippen molar-refractivity contribution >= 4 is 19.7 Å². The van der Waals surface area contributed by atoms with Crippen LogP contribution in [0, 0.1) is 5.82 Å². The molecule has 3 rings (SSSR count). The second kappa shape index (κ2) is 8.51. The molecule has 1 fully saturated rings. The molecule has 1 aliphatic heterocycles. The molecule has 0 saturated carbocycles. The highest BCUT2D eigenvalue weighted by molar-refractivity contribution is 7.96. The van der Waals surface area contributed by atoms with Gasteiger partial charge in [-0.25, -0.2) is 21.2 Å². The Bertz CT molecular complexity index is 1040. The second-order valence-corrected chi connectivity index (χ2v) is 11.8. The molecule has 0 spiro atoms. The van der Waals surface area contributed by atoms with Gasteiger partial charge in [-0.1, -0.05) is 30.3 Å². The largest absolute Gasteiger partial charge is 0.310 e. The number of nitrogens with one attached hydrogen (secondary N) is 1. The molecule has 2 aromatic rings. The monoisotopic (exact) mass is 440 g/mol. The summed E-state index contributed by atoms with van der Waals surface area (Å²) < 4.78 is 63.9. The molecule has 1 aliphatic rings. The number of halogens is 1. The number of likely N-dealkylation sites (N-methyl/N-ethyl adjacent to an activating group) is 1. The van der Waals surface area contributed by atoms with Crippen molar-refractivity contribution in [2.75, 3.05) is 32.1 Å². The third-order valence-corrected chi connectivity index (χ3v) is 9.39. The highest BCUT2D eigenvalue weighted by Gasteiger charge is 2.45. The van der Waals surface area contributed by atoms with Crippen LogP contribution < -0.4 is 5.32 Å². The lowest BCUT2D eigenvalue weighted by molar-refractivity contribution is 0.281. The topological polar surface area (TPSA) is 83.6 Å². The SMILES string of the molecule is CN(C)C(CN[C@H]1CS(=O)(=O)C[C@@H]1S(=O)(=O)c1ccccc1)c1ccc(F)cc1. The Kier molecular flexibility index (Phi) is 6.42. The van der Waals surface area contributed by atoms with E-state index in [0.717, 1.165) is 5.56 Å². The third kappa shape index (κ3) is 5.03. The van der Waals surface area contributed by atoms with Crippen LogP contribution in [0.1, 0.15) is 11.6 Å². The van der Waals surface area contributed by atoms with Gasteiger partial charge in [0.2, 0.25) is 0 Å². The maximum atomic E-state index is 13.2. The first-order valence-corrected chi connectivity index (χ1v) is 12.6. The number of nitrogens with zero attached hydrogens (tertiary/aromatic N) is 1. The van der Waals surface area contributed by atoms with Crippen LogP contribution in [-0.4, -0.2) is 65.2 Å². The van der Waals surface area contributed by atoms with Gasteiger partial charge in [-0.15, -0.1) is 0 Å². The highest BCUT2D eigenvalue weighted by Crippen LogP contribution is 2.27. The quantitative estimate of drug-likeness (QED) is 0.705. The van der Waals surface area contributed by atoms with E-state index in [2.05, 4.69) is 5.32 Å². The molecule has 158 valence electrons. The predicted molar refractivity (Wildman–Crippen MR) is 111 cm³/mol. The van der Waals surface area contributed by atoms with Crippen LogP contribution in [0.15, 0.2) is 59.5 Å². The van der Waals surface area contributed by atoms with Crippen LogP contribution in [0.2, 0.25) is 0 Å². The molecule has 1 heterocycles. The van der Waals surface area contributed by atoms with Crippen molar-refractivity contribution in [2.24, 2.45) is 0 Å². The van der Waals surface area contributed by atoms with E-state index in [-0.39, 0.29) is 22.5 Å². The lowest BCUT2D eigenvalue weighted by atomic mass is 10.1. The minimum absolute atomic E-state index is 0.122. The summed E-state index contributed by atoms with van der Waals surface area (Å²) in [5.74, 6) is -0.964. The zero-order chi connectivity index (χ0) is 21.2. The van der Waals surface area contributed by atoms with E-state index in [1.807, 2.05) is 19.0 Å². The molecular weight excluding hydrogens is 415 g/mol. The number of sulfone groups is 2. The van der Waals surface area contributed by atoms with Gasteiger partial charge in [0.05, 0.1) is 21.7 Å². The maximum absolute atomic E-state index is 13.2. The smallest absolute Gasteiger partial charge is 0.183 e. The summed E-state index contributed by atoms with van der Waals surface area (Å²) in [4.78, 5) is 2.04. The van der Waals surface area contributed by atoms with Crippen molar-refractivity contribution in [3.63, 3.8) is 0 Å². The van der Waals surface area contributed by atoms with Crippen molar-refractivity contribution in [3.05, 3.63) is 66.0 Å². The van der Waals surface area contributed by atoms with Crippen molar-refractivity contribution < 1.29 is 21.2 Å². The molecular formula is C20H25FN2O4S2. The van der Waals surface area contributed by atoms with Gasteiger partial charge in [0.25, 0.3) is 0 Å². The molecule has 3 atom stereocenters. The summed E-state index contributed by atoms with van der Waals surface area (Å²) in [7, 11) is -3.56. The first kappa shape index (κ1) is 21.9. The zero-order valence-corrected chi connectivity index (χ0v) is 18.0. The summed E-state index contributed by atoms with van der Waals surface area (Å²) in [5, 5.41) is 2.11. The van der Waals surface area contributed by atoms with Crippen LogP contribution >= 0.6 is 0 Å². The molecule has 6 nitrogen and oxygen atoms in total. The van der Waals surface area contributed by atoms with Crippen LogP contribution in [0.4, 0.5) is 4.39 Å². The van der Waals surface area contributed by atoms with Crippen LogP contribution in [0.25, 0.3) is 0 Å². The second-order valence-electron chi connectivity index (χ2n) is 7.52. The number of hydrogen-bond donors (Lipinski definition) is 1. The fraction of sp³-hybridized carbons (Fsp3) is 0.400. The molecule has 1 unspecified atom stereocenters. The first-order chi connectivity index (χ1) is 13.6. The van der Waals surface area contributed by atoms with Crippen molar-refractivity contribution in [3.8, 4) is 0 Å². The molecule has 0 aliphatic carbocycles. The van der Waals surface area contributed by atoms with Crippen molar-refractivity contribution in [2.45, 2.75) is 22.2 Å². The van der Waals surface area contributed by atoms with Crippen LogP contribution in [0.5, 0.6) is 0 Å². The van der Waals surface area contributed by atoms with Gasteiger partial charge < -0.3 is 10.2 Å². The van der Waals surface area contributed by atoms with Gasteiger partial charge in [0, 0.05) is 18.6 Å². The van der Waals surface area contributed by atoms with E-state index >= 15 is 0 Å². The normalized spacial score (nSPS) is 22.6. The summed E-state index contributed by atoms with van der Waals surface area (Å²) in [5.41, 5.74) is 0.854. The van der Waals surface area contributed by atoms with Gasteiger partial charge in [-0.2, -0.15) is 0 Å². The Morgan fingerprint density at radius 2 is 1.69 bits per heavy atom. The molecule has 0 amide bonds. The molecule has 9 heteroatoms. The Hall–Kier alpha value is -1.81. The summed E-state index contributed by atoms with van der Waals surface area (Å²) in [6, 6.07) is 13.1. The lowest BCUT2D eigenvalue weighted by Crippen LogP contribution is -2.46. The summed E-state index contributed by atoms with van der Waals surface area (Å²) >= 11 is 0. The van der Waals surface area contributed by atoms with Gasteiger partial charge in [0.1, 0.15) is 5.82 Å². The van der Waals surface area contributed by atoms with Gasteiger partial charge >= 0.3 is 0 Å². The van der Waals surface area contributed by atoms with Gasteiger partial charge in [0.15, 0.2) is 19.7 Å². The first-order valence-electron chi connectivity index (χ1n) is 9.25. The fourth-order valence-corrected chi connectivity index (χ4v) is 8.38. The van der Waals surface area contributed by atoms with Crippen LogP contribution in [-0.2, 0) is 19.7 Å². The standard InChI is InChI=1S/C20H25FN2O4S2/c1-23(2)19(15-8-10-16(21)11-9-15)12-22-18-13-28(24,25)14-20(18)29(26,27)17-6-4-3-5-7-17/h3-11,18-20,22H,12-14H2,1-2H3/t18-,19?,20-/m0/s1. The molecule has 1 N–H and O–H groups in total. The van der Waals surface area contributed by atoms with E-state index in [1.165, 1.54) is 24.3 Å². The van der Waals surface area contributed by atoms with E-state index in [4.69, 9.17) is 0 Å².